The molecule has 0 saturated heterocycles. The Morgan fingerprint density at radius 1 is 0.386 bits per heavy atom. The molecule has 2 heteroatoms. The van der Waals surface area contributed by atoms with Crippen molar-refractivity contribution >= 4 is 38.9 Å². The highest BCUT2D eigenvalue weighted by Gasteiger charge is 2.51. The zero-order valence-corrected chi connectivity index (χ0v) is 31.0. The van der Waals surface area contributed by atoms with E-state index in [4.69, 9.17) is 0 Å². The fraction of sp³-hybridized carbons (Fsp3) is 0.0182. The van der Waals surface area contributed by atoms with E-state index in [1.165, 1.54) is 66.3 Å². The first-order chi connectivity index (χ1) is 28.3. The first-order valence-corrected chi connectivity index (χ1v) is 19.6. The highest BCUT2D eigenvalue weighted by molar-refractivity contribution is 6.09. The summed E-state index contributed by atoms with van der Waals surface area (Å²) in [6.07, 6.45) is 0. The van der Waals surface area contributed by atoms with E-state index < -0.39 is 5.41 Å². The highest BCUT2D eigenvalue weighted by atomic mass is 15.1. The summed E-state index contributed by atoms with van der Waals surface area (Å²) >= 11 is 0. The van der Waals surface area contributed by atoms with Crippen molar-refractivity contribution in [1.82, 2.24) is 4.57 Å². The second kappa shape index (κ2) is 12.2. The Morgan fingerprint density at radius 2 is 0.912 bits per heavy atom. The molecule has 2 nitrogen and oxygen atoms in total. The molecular formula is C55H34N2. The number of hydrogen-bond acceptors (Lipinski definition) is 1. The summed E-state index contributed by atoms with van der Waals surface area (Å²) in [4.78, 5) is 2.31. The zero-order valence-electron chi connectivity index (χ0n) is 31.0. The van der Waals surface area contributed by atoms with E-state index in [2.05, 4.69) is 228 Å². The number of hydrogen-bond donors (Lipinski definition) is 0. The number of nitrogens with zero attached hydrogens (tertiary/aromatic N) is 2. The molecule has 10 aromatic rings. The van der Waals surface area contributed by atoms with Gasteiger partial charge in [0, 0.05) is 33.4 Å². The van der Waals surface area contributed by atoms with Crippen molar-refractivity contribution < 1.29 is 0 Å². The van der Waals surface area contributed by atoms with Crippen LogP contribution in [0.15, 0.2) is 206 Å². The second-order valence-electron chi connectivity index (χ2n) is 15.1. The van der Waals surface area contributed by atoms with Crippen molar-refractivity contribution in [3.63, 3.8) is 0 Å². The van der Waals surface area contributed by atoms with Gasteiger partial charge in [-0.3, -0.25) is 0 Å². The number of rotatable bonds is 5. The first-order valence-electron chi connectivity index (χ1n) is 19.6. The number of benzene rings is 8. The maximum absolute atomic E-state index is 3.60. The van der Waals surface area contributed by atoms with Crippen molar-refractivity contribution in [2.45, 2.75) is 5.41 Å². The minimum Gasteiger partial charge on any atom is -0.309 e. The molecule has 0 saturated carbocycles. The molecule has 0 atom stereocenters. The van der Waals surface area contributed by atoms with Crippen LogP contribution in [-0.2, 0) is 5.41 Å². The Balaban J connectivity index is 0.965. The molecule has 2 aliphatic carbocycles. The third kappa shape index (κ3) is 4.49. The minimum absolute atomic E-state index is 0.414. The van der Waals surface area contributed by atoms with Gasteiger partial charge in [0.05, 0.1) is 22.1 Å². The lowest BCUT2D eigenvalue weighted by atomic mass is 9.70. The van der Waals surface area contributed by atoms with Crippen LogP contribution in [0.1, 0.15) is 22.3 Å². The molecule has 1 heterocycles. The average Bonchev–Trinajstić information content (AvgIpc) is 3.89. The van der Waals surface area contributed by atoms with Crippen molar-refractivity contribution in [2.75, 3.05) is 4.90 Å². The fourth-order valence-corrected chi connectivity index (χ4v) is 9.89. The molecule has 0 fully saturated rings. The smallest absolute Gasteiger partial charge is 0.0973 e. The molecule has 57 heavy (non-hydrogen) atoms. The van der Waals surface area contributed by atoms with Gasteiger partial charge in [-0.15, -0.1) is 0 Å². The third-order valence-electron chi connectivity index (χ3n) is 12.2. The van der Waals surface area contributed by atoms with E-state index in [9.17, 15) is 0 Å². The molecule has 0 radical (unpaired) electrons. The Bertz CT molecular complexity index is 3050. The van der Waals surface area contributed by atoms with E-state index in [-0.39, 0.29) is 0 Å². The molecular weight excluding hydrogens is 689 g/mol. The van der Waals surface area contributed by atoms with Gasteiger partial charge in [0.2, 0.25) is 0 Å². The topological polar surface area (TPSA) is 8.17 Å². The average molecular weight is 723 g/mol. The van der Waals surface area contributed by atoms with Crippen LogP contribution in [-0.4, -0.2) is 4.57 Å². The second-order valence-corrected chi connectivity index (χ2v) is 15.1. The van der Waals surface area contributed by atoms with E-state index in [1.54, 1.807) is 0 Å². The lowest BCUT2D eigenvalue weighted by Crippen LogP contribution is -2.26. The van der Waals surface area contributed by atoms with E-state index >= 15 is 0 Å². The van der Waals surface area contributed by atoms with Crippen LogP contribution in [0.3, 0.4) is 0 Å². The van der Waals surface area contributed by atoms with Gasteiger partial charge in [0.15, 0.2) is 0 Å². The van der Waals surface area contributed by atoms with Gasteiger partial charge < -0.3 is 9.47 Å². The van der Waals surface area contributed by atoms with Crippen LogP contribution in [0.25, 0.3) is 60.9 Å². The standard InChI is InChI=1S/C55H34N2/c1-2-14-39(15-3-1)56(40-30-26-37(27-31-40)38-28-32-41(33-29-38)57-53-24-12-7-19-47(53)48-20-8-13-25-54(48)57)42-34-35-46-45-18-6-11-23-51(45)55(52(46)36-42)49-21-9-4-16-43(49)44-17-5-10-22-50(44)55/h1-26,28-30,32-36H. The van der Waals surface area contributed by atoms with Crippen LogP contribution in [0.5, 0.6) is 0 Å². The normalized spacial score (nSPS) is 12.9. The lowest BCUT2D eigenvalue weighted by molar-refractivity contribution is 0.793. The summed E-state index contributed by atoms with van der Waals surface area (Å²) in [5, 5.41) is 2.53. The van der Waals surface area contributed by atoms with Gasteiger partial charge in [0.25, 0.3) is 0 Å². The van der Waals surface area contributed by atoms with Gasteiger partial charge in [0.1, 0.15) is 0 Å². The molecule has 0 N–H and O–H groups in total. The summed E-state index contributed by atoms with van der Waals surface area (Å²) < 4.78 is 2.35. The molecule has 1 aromatic heterocycles. The van der Waals surface area contributed by atoms with Crippen molar-refractivity contribution in [3.8, 4) is 39.1 Å². The van der Waals surface area contributed by atoms with Crippen molar-refractivity contribution in [3.05, 3.63) is 241 Å². The quantitative estimate of drug-likeness (QED) is 0.172. The van der Waals surface area contributed by atoms with Gasteiger partial charge in [-0.05, 0) is 117 Å². The Morgan fingerprint density at radius 3 is 1.49 bits per heavy atom. The van der Waals surface area contributed by atoms with Crippen molar-refractivity contribution in [1.29, 1.82) is 0 Å². The number of fused-ring (bicyclic) bond motifs is 13. The highest BCUT2D eigenvalue weighted by Crippen LogP contribution is 2.63. The van der Waals surface area contributed by atoms with Crippen molar-refractivity contribution in [2.24, 2.45) is 0 Å². The summed E-state index contributed by atoms with van der Waals surface area (Å²) in [5.41, 5.74) is 18.9. The summed E-state index contributed by atoms with van der Waals surface area (Å²) in [6, 6.07) is 82.2. The summed E-state index contributed by atoms with van der Waals surface area (Å²) in [7, 11) is 0. The third-order valence-corrected chi connectivity index (χ3v) is 12.2. The van der Waals surface area contributed by atoms with E-state index in [0.717, 1.165) is 33.9 Å². The SMILES string of the molecule is c1c(-c2ccc(-n3c4ccccc4c4ccccc43)cc2)ccc(N(c2ccccc2)c2ccc3c(c2)C2(c4ccccc4-c4ccccc42)c2ccccc2-3)c#1. The number of para-hydroxylation sites is 3. The maximum atomic E-state index is 3.60. The predicted molar refractivity (Wildman–Crippen MR) is 235 cm³/mol. The molecule has 0 amide bonds. The van der Waals surface area contributed by atoms with Crippen LogP contribution in [0, 0.1) is 12.1 Å². The van der Waals surface area contributed by atoms with Gasteiger partial charge >= 0.3 is 0 Å². The fourth-order valence-electron chi connectivity index (χ4n) is 9.89. The molecule has 12 rings (SSSR count). The minimum atomic E-state index is -0.414. The maximum Gasteiger partial charge on any atom is 0.0973 e. The van der Waals surface area contributed by atoms with Crippen LogP contribution in [0.2, 0.25) is 0 Å². The number of anilines is 3. The molecule has 2 aliphatic rings. The first kappa shape index (κ1) is 31.7. The van der Waals surface area contributed by atoms with Crippen LogP contribution < -0.4 is 4.90 Å². The van der Waals surface area contributed by atoms with Gasteiger partial charge in [-0.25, -0.2) is 0 Å². The van der Waals surface area contributed by atoms with E-state index in [0.29, 0.717) is 0 Å². The Hall–Kier alpha value is -7.60. The summed E-state index contributed by atoms with van der Waals surface area (Å²) in [5.74, 6) is 0. The van der Waals surface area contributed by atoms with E-state index in [1.807, 2.05) is 0 Å². The van der Waals surface area contributed by atoms with Crippen LogP contribution >= 0.6 is 0 Å². The Labute approximate surface area is 332 Å². The molecule has 264 valence electrons. The molecule has 1 spiro atoms. The monoisotopic (exact) mass is 722 g/mol. The van der Waals surface area contributed by atoms with Gasteiger partial charge in [-0.1, -0.05) is 152 Å². The lowest BCUT2D eigenvalue weighted by Gasteiger charge is -2.32. The molecule has 0 aliphatic heterocycles. The number of aromatic nitrogens is 1. The molecule has 0 unspecified atom stereocenters. The van der Waals surface area contributed by atoms with Gasteiger partial charge in [-0.2, -0.15) is 0 Å². The zero-order chi connectivity index (χ0) is 37.5. The molecule has 0 bridgehead atoms. The molecule has 9 aromatic carbocycles. The Kier molecular flexibility index (Phi) is 6.79. The summed E-state index contributed by atoms with van der Waals surface area (Å²) in [6.45, 7) is 0. The predicted octanol–water partition coefficient (Wildman–Crippen LogP) is 13.9. The van der Waals surface area contributed by atoms with Crippen LogP contribution in [0.4, 0.5) is 17.1 Å². The largest absolute Gasteiger partial charge is 0.309 e.